The van der Waals surface area contributed by atoms with Crippen molar-refractivity contribution in [2.75, 3.05) is 11.4 Å². The van der Waals surface area contributed by atoms with Crippen molar-refractivity contribution < 1.29 is 9.52 Å². The number of aromatic nitrogens is 5. The Hall–Kier alpha value is -2.48. The number of aliphatic hydroxyl groups is 1. The Bertz CT molecular complexity index is 840. The number of aliphatic hydroxyl groups excluding tert-OH is 1. The fourth-order valence-corrected chi connectivity index (χ4v) is 2.95. The second-order valence-electron chi connectivity index (χ2n) is 5.60. The van der Waals surface area contributed by atoms with E-state index in [4.69, 9.17) is 4.42 Å². The molecule has 0 bridgehead atoms. The summed E-state index contributed by atoms with van der Waals surface area (Å²) >= 11 is 0. The van der Waals surface area contributed by atoms with Crippen LogP contribution in [0.3, 0.4) is 0 Å². The smallest absolute Gasteiger partial charge is 0.252 e. The lowest BCUT2D eigenvalue weighted by Crippen LogP contribution is -2.24. The van der Waals surface area contributed by atoms with Gasteiger partial charge in [-0.15, -0.1) is 0 Å². The Morgan fingerprint density at radius 1 is 1.30 bits per heavy atom. The summed E-state index contributed by atoms with van der Waals surface area (Å²) in [6.45, 7) is 4.32. The summed E-state index contributed by atoms with van der Waals surface area (Å²) in [5.41, 5.74) is 3.00. The first-order valence-electron chi connectivity index (χ1n) is 7.80. The molecule has 0 unspecified atom stereocenters. The van der Waals surface area contributed by atoms with Gasteiger partial charge < -0.3 is 14.4 Å². The van der Waals surface area contributed by atoms with E-state index in [1.54, 1.807) is 0 Å². The molecule has 8 nitrogen and oxygen atoms in total. The van der Waals surface area contributed by atoms with Crippen LogP contribution < -0.4 is 4.90 Å². The fraction of sp³-hybridized carbons (Fsp3) is 0.467. The molecule has 1 aliphatic heterocycles. The van der Waals surface area contributed by atoms with Crippen molar-refractivity contribution in [1.29, 1.82) is 0 Å². The van der Waals surface area contributed by atoms with E-state index in [-0.39, 0.29) is 6.61 Å². The van der Waals surface area contributed by atoms with Crippen molar-refractivity contribution in [2.24, 2.45) is 0 Å². The maximum Gasteiger partial charge on any atom is 0.252 e. The van der Waals surface area contributed by atoms with Crippen molar-refractivity contribution >= 4 is 17.0 Å². The molecule has 8 heteroatoms. The molecule has 4 rings (SSSR count). The third-order valence-electron chi connectivity index (χ3n) is 4.05. The number of anilines is 1. The zero-order valence-electron chi connectivity index (χ0n) is 12.9. The summed E-state index contributed by atoms with van der Waals surface area (Å²) in [6.07, 6.45) is 3.19. The van der Waals surface area contributed by atoms with E-state index in [1.807, 2.05) is 17.7 Å². The van der Waals surface area contributed by atoms with Crippen LogP contribution >= 0.6 is 0 Å². The molecule has 1 N–H and O–H groups in total. The molecule has 0 aliphatic carbocycles. The van der Waals surface area contributed by atoms with E-state index in [2.05, 4.69) is 25.0 Å². The number of hydrogen-bond donors (Lipinski definition) is 1. The van der Waals surface area contributed by atoms with Crippen LogP contribution in [0.5, 0.6) is 0 Å². The first kappa shape index (κ1) is 14.1. The van der Waals surface area contributed by atoms with Gasteiger partial charge in [0.25, 0.3) is 5.71 Å². The standard InChI is InChI=1S/C15H18N6O2/c1-2-12-18-13-14(16-9-17-15(13)23-12)20-4-3-5-21-11(7-20)6-10(8-22)19-21/h6,9,22H,2-5,7-8H2,1H3. The summed E-state index contributed by atoms with van der Waals surface area (Å²) in [5, 5.41) is 13.7. The number of fused-ring (bicyclic) bond motifs is 2. The Morgan fingerprint density at radius 3 is 3.04 bits per heavy atom. The molecule has 0 amide bonds. The molecule has 0 radical (unpaired) electrons. The largest absolute Gasteiger partial charge is 0.422 e. The molecule has 0 fully saturated rings. The first-order chi connectivity index (χ1) is 11.3. The number of nitrogens with zero attached hydrogens (tertiary/aromatic N) is 6. The van der Waals surface area contributed by atoms with Crippen LogP contribution in [0.2, 0.25) is 0 Å². The molecular formula is C15H18N6O2. The highest BCUT2D eigenvalue weighted by molar-refractivity contribution is 5.81. The maximum atomic E-state index is 9.28. The van der Waals surface area contributed by atoms with Gasteiger partial charge in [-0.1, -0.05) is 6.92 Å². The highest BCUT2D eigenvalue weighted by Gasteiger charge is 2.21. The molecule has 0 spiro atoms. The molecule has 23 heavy (non-hydrogen) atoms. The van der Waals surface area contributed by atoms with Crippen LogP contribution in [-0.4, -0.2) is 36.4 Å². The lowest BCUT2D eigenvalue weighted by atomic mass is 10.3. The summed E-state index contributed by atoms with van der Waals surface area (Å²) in [5.74, 6) is 1.46. The normalized spacial score (nSPS) is 15.0. The lowest BCUT2D eigenvalue weighted by molar-refractivity contribution is 0.275. The van der Waals surface area contributed by atoms with E-state index in [0.29, 0.717) is 29.4 Å². The van der Waals surface area contributed by atoms with E-state index < -0.39 is 0 Å². The summed E-state index contributed by atoms with van der Waals surface area (Å²) < 4.78 is 7.59. The van der Waals surface area contributed by atoms with Gasteiger partial charge in [-0.3, -0.25) is 4.68 Å². The number of oxazole rings is 1. The van der Waals surface area contributed by atoms with Gasteiger partial charge in [0.2, 0.25) is 0 Å². The SMILES string of the molecule is CCc1nc2c(N3CCCn4nc(CO)cc4C3)ncnc2o1. The zero-order chi connectivity index (χ0) is 15.8. The second kappa shape index (κ2) is 5.62. The summed E-state index contributed by atoms with van der Waals surface area (Å²) in [4.78, 5) is 15.3. The number of aryl methyl sites for hydroxylation is 2. The Labute approximate surface area is 132 Å². The monoisotopic (exact) mass is 314 g/mol. The maximum absolute atomic E-state index is 9.28. The van der Waals surface area contributed by atoms with Crippen molar-refractivity contribution in [2.45, 2.75) is 39.5 Å². The van der Waals surface area contributed by atoms with Crippen LogP contribution in [0.1, 0.15) is 30.6 Å². The van der Waals surface area contributed by atoms with Gasteiger partial charge in [-0.05, 0) is 12.5 Å². The minimum absolute atomic E-state index is 0.0408. The van der Waals surface area contributed by atoms with Gasteiger partial charge in [0.15, 0.2) is 17.2 Å². The fourth-order valence-electron chi connectivity index (χ4n) is 2.95. The third-order valence-corrected chi connectivity index (χ3v) is 4.05. The predicted octanol–water partition coefficient (Wildman–Crippen LogP) is 1.28. The molecular weight excluding hydrogens is 296 g/mol. The van der Waals surface area contributed by atoms with Crippen molar-refractivity contribution in [3.63, 3.8) is 0 Å². The molecule has 0 aromatic carbocycles. The Morgan fingerprint density at radius 2 is 2.22 bits per heavy atom. The van der Waals surface area contributed by atoms with Crippen LogP contribution in [0.15, 0.2) is 16.8 Å². The van der Waals surface area contributed by atoms with Crippen LogP contribution in [-0.2, 0) is 26.1 Å². The van der Waals surface area contributed by atoms with Crippen LogP contribution in [0.4, 0.5) is 5.82 Å². The molecule has 0 saturated heterocycles. The van der Waals surface area contributed by atoms with E-state index in [0.717, 1.165) is 37.4 Å². The highest BCUT2D eigenvalue weighted by Crippen LogP contribution is 2.26. The van der Waals surface area contributed by atoms with Gasteiger partial charge in [0.05, 0.1) is 24.5 Å². The first-order valence-corrected chi connectivity index (χ1v) is 7.80. The van der Waals surface area contributed by atoms with Crippen molar-refractivity contribution in [1.82, 2.24) is 24.7 Å². The molecule has 0 atom stereocenters. The van der Waals surface area contributed by atoms with Gasteiger partial charge in [-0.25, -0.2) is 9.97 Å². The molecule has 3 aromatic rings. The van der Waals surface area contributed by atoms with Gasteiger partial charge in [0, 0.05) is 19.5 Å². The van der Waals surface area contributed by atoms with Crippen molar-refractivity contribution in [3.8, 4) is 0 Å². The van der Waals surface area contributed by atoms with E-state index in [9.17, 15) is 5.11 Å². The van der Waals surface area contributed by atoms with E-state index >= 15 is 0 Å². The van der Waals surface area contributed by atoms with Gasteiger partial charge in [0.1, 0.15) is 6.33 Å². The average molecular weight is 314 g/mol. The Kier molecular flexibility index (Phi) is 3.45. The quantitative estimate of drug-likeness (QED) is 0.778. The molecule has 1 aliphatic rings. The van der Waals surface area contributed by atoms with Gasteiger partial charge in [-0.2, -0.15) is 10.1 Å². The van der Waals surface area contributed by atoms with Crippen LogP contribution in [0.25, 0.3) is 11.2 Å². The molecule has 0 saturated carbocycles. The van der Waals surface area contributed by atoms with Gasteiger partial charge >= 0.3 is 0 Å². The number of hydrogen-bond acceptors (Lipinski definition) is 7. The van der Waals surface area contributed by atoms with Crippen LogP contribution in [0, 0.1) is 0 Å². The minimum Gasteiger partial charge on any atom is -0.422 e. The Balaban J connectivity index is 1.73. The highest BCUT2D eigenvalue weighted by atomic mass is 16.4. The molecule has 120 valence electrons. The van der Waals surface area contributed by atoms with E-state index in [1.165, 1.54) is 6.33 Å². The zero-order valence-corrected chi connectivity index (χ0v) is 12.9. The molecule has 4 heterocycles. The minimum atomic E-state index is -0.0408. The number of rotatable bonds is 3. The predicted molar refractivity (Wildman–Crippen MR) is 82.8 cm³/mol. The second-order valence-corrected chi connectivity index (χ2v) is 5.60. The lowest BCUT2D eigenvalue weighted by Gasteiger charge is -2.20. The third kappa shape index (κ3) is 2.44. The summed E-state index contributed by atoms with van der Waals surface area (Å²) in [6, 6.07) is 1.94. The van der Waals surface area contributed by atoms with Crippen molar-refractivity contribution in [3.05, 3.63) is 29.7 Å². The topological polar surface area (TPSA) is 93.1 Å². The summed E-state index contributed by atoms with van der Waals surface area (Å²) in [7, 11) is 0. The average Bonchev–Trinajstić information content (AvgIpc) is 3.12. The molecule has 3 aromatic heterocycles.